The van der Waals surface area contributed by atoms with Crippen LogP contribution in [0.4, 0.5) is 0 Å². The first-order valence-electron chi connectivity index (χ1n) is 7.11. The maximum atomic E-state index is 4.58. The molecule has 22 heavy (non-hydrogen) atoms. The SMILES string of the molecule is C=N/C=C\C(=C/C)c1nc(-c2ccncc2)nc(C(C)C)n1. The minimum Gasteiger partial charge on any atom is -0.272 e. The molecule has 5 nitrogen and oxygen atoms in total. The molecular weight excluding hydrogens is 274 g/mol. The van der Waals surface area contributed by atoms with Crippen molar-refractivity contribution in [1.82, 2.24) is 19.9 Å². The van der Waals surface area contributed by atoms with Crippen LogP contribution in [0, 0.1) is 0 Å². The van der Waals surface area contributed by atoms with Crippen LogP contribution < -0.4 is 0 Å². The lowest BCUT2D eigenvalue weighted by Gasteiger charge is -2.09. The van der Waals surface area contributed by atoms with Crippen LogP contribution in [0.3, 0.4) is 0 Å². The van der Waals surface area contributed by atoms with E-state index in [4.69, 9.17) is 0 Å². The van der Waals surface area contributed by atoms with E-state index in [-0.39, 0.29) is 5.92 Å². The first-order valence-corrected chi connectivity index (χ1v) is 7.11. The fourth-order valence-electron chi connectivity index (χ4n) is 1.84. The zero-order valence-electron chi connectivity index (χ0n) is 13.1. The molecule has 2 aromatic heterocycles. The molecule has 0 amide bonds. The maximum absolute atomic E-state index is 4.58. The molecule has 0 saturated heterocycles. The Balaban J connectivity index is 2.57. The van der Waals surface area contributed by atoms with E-state index >= 15 is 0 Å². The van der Waals surface area contributed by atoms with Gasteiger partial charge in [-0.25, -0.2) is 15.0 Å². The van der Waals surface area contributed by atoms with Crippen LogP contribution in [0.1, 0.15) is 38.3 Å². The topological polar surface area (TPSA) is 63.9 Å². The molecule has 2 rings (SSSR count). The van der Waals surface area contributed by atoms with Crippen LogP contribution in [-0.2, 0) is 0 Å². The summed E-state index contributed by atoms with van der Waals surface area (Å²) in [4.78, 5) is 21.5. The molecule has 0 bridgehead atoms. The van der Waals surface area contributed by atoms with Crippen molar-refractivity contribution in [3.63, 3.8) is 0 Å². The lowest BCUT2D eigenvalue weighted by molar-refractivity contribution is 0.758. The third kappa shape index (κ3) is 3.69. The van der Waals surface area contributed by atoms with Crippen LogP contribution >= 0.6 is 0 Å². The molecule has 0 aliphatic rings. The molecule has 112 valence electrons. The van der Waals surface area contributed by atoms with Gasteiger partial charge in [0.1, 0.15) is 5.82 Å². The summed E-state index contributed by atoms with van der Waals surface area (Å²) in [5.74, 6) is 2.25. The fourth-order valence-corrected chi connectivity index (χ4v) is 1.84. The number of rotatable bonds is 5. The monoisotopic (exact) mass is 293 g/mol. The number of aliphatic imine (C=N–C) groups is 1. The highest BCUT2D eigenvalue weighted by molar-refractivity contribution is 5.70. The summed E-state index contributed by atoms with van der Waals surface area (Å²) in [7, 11) is 0. The van der Waals surface area contributed by atoms with Crippen LogP contribution in [0.2, 0.25) is 0 Å². The fraction of sp³-hybridized carbons (Fsp3) is 0.235. The summed E-state index contributed by atoms with van der Waals surface area (Å²) in [5, 5.41) is 0. The highest BCUT2D eigenvalue weighted by Crippen LogP contribution is 2.20. The Kier molecular flexibility index (Phi) is 5.25. The largest absolute Gasteiger partial charge is 0.272 e. The molecule has 2 aromatic rings. The van der Waals surface area contributed by atoms with Crippen LogP contribution in [0.15, 0.2) is 47.9 Å². The average Bonchev–Trinajstić information content (AvgIpc) is 2.56. The van der Waals surface area contributed by atoms with Gasteiger partial charge >= 0.3 is 0 Å². The van der Waals surface area contributed by atoms with Gasteiger partial charge in [0.2, 0.25) is 0 Å². The molecular formula is C17H19N5. The minimum absolute atomic E-state index is 0.210. The van der Waals surface area contributed by atoms with Crippen molar-refractivity contribution < 1.29 is 0 Å². The van der Waals surface area contributed by atoms with Crippen molar-refractivity contribution in [2.45, 2.75) is 26.7 Å². The number of hydrogen-bond acceptors (Lipinski definition) is 5. The van der Waals surface area contributed by atoms with Gasteiger partial charge in [-0.2, -0.15) is 0 Å². The summed E-state index contributed by atoms with van der Waals surface area (Å²) in [6.07, 6.45) is 8.86. The summed E-state index contributed by atoms with van der Waals surface area (Å²) >= 11 is 0. The molecule has 0 saturated carbocycles. The Morgan fingerprint density at radius 3 is 2.50 bits per heavy atom. The molecule has 0 fully saturated rings. The lowest BCUT2D eigenvalue weighted by atomic mass is 10.1. The Labute approximate surface area is 130 Å². The number of nitrogens with zero attached hydrogens (tertiary/aromatic N) is 5. The second-order valence-electron chi connectivity index (χ2n) is 4.97. The normalized spacial score (nSPS) is 12.1. The van der Waals surface area contributed by atoms with E-state index in [1.165, 1.54) is 0 Å². The van der Waals surface area contributed by atoms with E-state index in [2.05, 4.69) is 45.5 Å². The summed E-state index contributed by atoms with van der Waals surface area (Å²) < 4.78 is 0. The van der Waals surface area contributed by atoms with Gasteiger partial charge in [-0.3, -0.25) is 9.98 Å². The highest BCUT2D eigenvalue weighted by Gasteiger charge is 2.12. The van der Waals surface area contributed by atoms with Gasteiger partial charge in [0.25, 0.3) is 0 Å². The molecule has 0 N–H and O–H groups in total. The third-order valence-electron chi connectivity index (χ3n) is 3.04. The van der Waals surface area contributed by atoms with E-state index in [9.17, 15) is 0 Å². The number of aromatic nitrogens is 4. The Morgan fingerprint density at radius 2 is 1.91 bits per heavy atom. The number of pyridine rings is 1. The van der Waals surface area contributed by atoms with E-state index in [1.54, 1.807) is 18.6 Å². The predicted octanol–water partition coefficient (Wildman–Crippen LogP) is 3.67. The van der Waals surface area contributed by atoms with Crippen LogP contribution in [0.5, 0.6) is 0 Å². The van der Waals surface area contributed by atoms with Gasteiger partial charge in [0.15, 0.2) is 11.6 Å². The van der Waals surface area contributed by atoms with Gasteiger partial charge < -0.3 is 0 Å². The second-order valence-corrected chi connectivity index (χ2v) is 4.97. The second kappa shape index (κ2) is 7.36. The van der Waals surface area contributed by atoms with Crippen molar-refractivity contribution >= 4 is 12.3 Å². The smallest absolute Gasteiger partial charge is 0.163 e. The quantitative estimate of drug-likeness (QED) is 0.623. The molecule has 0 radical (unpaired) electrons. The molecule has 0 atom stereocenters. The predicted molar refractivity (Wildman–Crippen MR) is 89.5 cm³/mol. The van der Waals surface area contributed by atoms with Gasteiger partial charge in [0, 0.05) is 35.6 Å². The minimum atomic E-state index is 0.210. The summed E-state index contributed by atoms with van der Waals surface area (Å²) in [5.41, 5.74) is 1.80. The molecule has 5 heteroatoms. The Hall–Kier alpha value is -2.69. The summed E-state index contributed by atoms with van der Waals surface area (Å²) in [6, 6.07) is 3.78. The van der Waals surface area contributed by atoms with Crippen LogP contribution in [0.25, 0.3) is 17.0 Å². The van der Waals surface area contributed by atoms with E-state index in [0.29, 0.717) is 11.6 Å². The van der Waals surface area contributed by atoms with Crippen molar-refractivity contribution in [3.8, 4) is 11.4 Å². The van der Waals surface area contributed by atoms with Gasteiger partial charge in [0.05, 0.1) is 0 Å². The lowest BCUT2D eigenvalue weighted by Crippen LogP contribution is -2.06. The van der Waals surface area contributed by atoms with Crippen LogP contribution in [-0.4, -0.2) is 26.7 Å². The van der Waals surface area contributed by atoms with E-state index < -0.39 is 0 Å². The van der Waals surface area contributed by atoms with Gasteiger partial charge in [-0.15, -0.1) is 0 Å². The Bertz CT molecular complexity index is 702. The first-order chi connectivity index (χ1) is 10.7. The summed E-state index contributed by atoms with van der Waals surface area (Å²) in [6.45, 7) is 9.51. The van der Waals surface area contributed by atoms with Crippen molar-refractivity contribution in [2.75, 3.05) is 0 Å². The Morgan fingerprint density at radius 1 is 1.18 bits per heavy atom. The molecule has 0 unspecified atom stereocenters. The van der Waals surface area contributed by atoms with E-state index in [1.807, 2.05) is 31.2 Å². The molecule has 0 aliphatic carbocycles. The number of allylic oxidation sites excluding steroid dienone is 3. The standard InChI is InChI=1S/C17H19N5/c1-5-13(6-9-18-4)16-20-15(12(2)3)21-17(22-16)14-7-10-19-11-8-14/h5-12H,4H2,1-3H3/b9-6-,13-5+. The molecule has 2 heterocycles. The van der Waals surface area contributed by atoms with Crippen molar-refractivity contribution in [2.24, 2.45) is 4.99 Å². The van der Waals surface area contributed by atoms with E-state index in [0.717, 1.165) is 17.0 Å². The average molecular weight is 293 g/mol. The van der Waals surface area contributed by atoms with Crippen molar-refractivity contribution in [1.29, 1.82) is 0 Å². The maximum Gasteiger partial charge on any atom is 0.163 e. The molecule has 0 aromatic carbocycles. The number of hydrogen-bond donors (Lipinski definition) is 0. The third-order valence-corrected chi connectivity index (χ3v) is 3.04. The van der Waals surface area contributed by atoms with Crippen molar-refractivity contribution in [3.05, 3.63) is 54.5 Å². The molecule has 0 aliphatic heterocycles. The highest BCUT2D eigenvalue weighted by atomic mass is 15.0. The van der Waals surface area contributed by atoms with Gasteiger partial charge in [-0.1, -0.05) is 19.9 Å². The van der Waals surface area contributed by atoms with Gasteiger partial charge in [-0.05, 0) is 31.9 Å². The molecule has 0 spiro atoms. The first kappa shape index (κ1) is 15.7. The zero-order valence-corrected chi connectivity index (χ0v) is 13.1. The zero-order chi connectivity index (χ0) is 15.9.